The van der Waals surface area contributed by atoms with Crippen LogP contribution in [0.1, 0.15) is 92.4 Å². The zero-order chi connectivity index (χ0) is 23.2. The van der Waals surface area contributed by atoms with Crippen LogP contribution < -0.4 is 5.32 Å². The molecule has 4 heteroatoms. The van der Waals surface area contributed by atoms with E-state index >= 15 is 0 Å². The summed E-state index contributed by atoms with van der Waals surface area (Å²) in [5, 5.41) is 3.88. The number of allylic oxidation sites excluding steroid dienone is 1. The number of rotatable bonds is 1. The Bertz CT molecular complexity index is 844. The molecule has 0 amide bonds. The smallest absolute Gasteiger partial charge is 0.302 e. The first kappa shape index (κ1) is 22.6. The minimum Gasteiger partial charge on any atom is -0.462 e. The van der Waals surface area contributed by atoms with Gasteiger partial charge in [0.15, 0.2) is 0 Å². The third-order valence-electron chi connectivity index (χ3n) is 11.9. The summed E-state index contributed by atoms with van der Waals surface area (Å²) < 4.78 is 12.6. The van der Waals surface area contributed by atoms with Crippen LogP contribution in [0, 0.1) is 46.3 Å². The maximum atomic E-state index is 11.5. The Morgan fingerprint density at radius 3 is 2.67 bits per heavy atom. The van der Waals surface area contributed by atoms with E-state index < -0.39 is 0 Å². The molecule has 0 radical (unpaired) electrons. The summed E-state index contributed by atoms with van der Waals surface area (Å²) in [7, 11) is 0. The second-order valence-corrected chi connectivity index (χ2v) is 13.4. The summed E-state index contributed by atoms with van der Waals surface area (Å²) >= 11 is 0. The number of piperidine rings is 1. The highest BCUT2D eigenvalue weighted by atomic mass is 16.5. The highest BCUT2D eigenvalue weighted by molar-refractivity contribution is 5.66. The lowest BCUT2D eigenvalue weighted by atomic mass is 9.47. The van der Waals surface area contributed by atoms with Crippen LogP contribution in [-0.4, -0.2) is 30.4 Å². The number of fused-ring (bicyclic) bond motifs is 7. The van der Waals surface area contributed by atoms with Crippen molar-refractivity contribution in [2.24, 2.45) is 46.3 Å². The van der Waals surface area contributed by atoms with E-state index in [1.807, 2.05) is 0 Å². The van der Waals surface area contributed by atoms with Crippen molar-refractivity contribution in [2.45, 2.75) is 110 Å². The van der Waals surface area contributed by atoms with Gasteiger partial charge in [-0.15, -0.1) is 0 Å². The molecule has 2 aliphatic heterocycles. The van der Waals surface area contributed by atoms with Crippen molar-refractivity contribution in [2.75, 3.05) is 6.54 Å². The Morgan fingerprint density at radius 2 is 1.94 bits per heavy atom. The van der Waals surface area contributed by atoms with Crippen LogP contribution in [0.5, 0.6) is 0 Å². The molecule has 4 nitrogen and oxygen atoms in total. The van der Waals surface area contributed by atoms with Crippen molar-refractivity contribution in [3.8, 4) is 0 Å². The van der Waals surface area contributed by atoms with Gasteiger partial charge < -0.3 is 9.47 Å². The monoisotopic (exact) mass is 455 g/mol. The van der Waals surface area contributed by atoms with E-state index in [2.05, 4.69) is 39.1 Å². The molecule has 0 aromatic rings. The van der Waals surface area contributed by atoms with E-state index in [1.54, 1.807) is 12.5 Å². The van der Waals surface area contributed by atoms with Crippen LogP contribution >= 0.6 is 0 Å². The van der Waals surface area contributed by atoms with Crippen molar-refractivity contribution >= 4 is 5.97 Å². The van der Waals surface area contributed by atoms with Gasteiger partial charge in [0, 0.05) is 25.8 Å². The molecule has 5 fully saturated rings. The molecular weight excluding hydrogens is 410 g/mol. The molecular formula is C29H45NO3. The molecule has 0 aromatic carbocycles. The molecule has 2 saturated heterocycles. The SMILES string of the molecule is CC(=O)O[C@H]1CC[C@@]2(C)C(=CCC3C2CC[C@]2(C)C4C(C[C@@H]32)O[C@]2(CC[C@@H](C)CN2)C4C)C1. The number of ether oxygens (including phenoxy) is 2. The number of hydrogen-bond donors (Lipinski definition) is 1. The third-order valence-corrected chi connectivity index (χ3v) is 11.9. The Balaban J connectivity index is 1.24. The number of carbonyl (C=O) groups is 1. The maximum absolute atomic E-state index is 11.5. The highest BCUT2D eigenvalue weighted by Crippen LogP contribution is 2.70. The predicted molar refractivity (Wildman–Crippen MR) is 129 cm³/mol. The lowest BCUT2D eigenvalue weighted by molar-refractivity contribution is -0.148. The van der Waals surface area contributed by atoms with Crippen molar-refractivity contribution in [1.82, 2.24) is 5.32 Å². The standard InChI is InChI=1S/C29H45NO3/c1-17-8-13-29(30-16-17)18(2)26-25(33-29)15-24-22-7-6-20-14-21(32-19(3)31)9-11-27(20,4)23(22)10-12-28(24,26)5/h6,17-18,21-26,30H,7-16H2,1-5H3/t17-,18?,21+,22?,23?,24+,25?,26?,27+,28+,29-/m1/s1. The molecule has 6 rings (SSSR count). The molecule has 0 bridgehead atoms. The van der Waals surface area contributed by atoms with Gasteiger partial charge >= 0.3 is 5.97 Å². The Kier molecular flexibility index (Phi) is 5.18. The summed E-state index contributed by atoms with van der Waals surface area (Å²) in [6, 6.07) is 0. The Labute approximate surface area is 200 Å². The summed E-state index contributed by atoms with van der Waals surface area (Å²) in [5.74, 6) is 4.30. The van der Waals surface area contributed by atoms with E-state index in [1.165, 1.54) is 44.9 Å². The van der Waals surface area contributed by atoms with E-state index in [0.717, 1.165) is 43.1 Å². The zero-order valence-corrected chi connectivity index (χ0v) is 21.5. The lowest BCUT2D eigenvalue weighted by Gasteiger charge is -2.58. The van der Waals surface area contributed by atoms with Gasteiger partial charge in [-0.25, -0.2) is 0 Å². The summed E-state index contributed by atoms with van der Waals surface area (Å²) in [6.07, 6.45) is 13.9. The average molecular weight is 456 g/mol. The third kappa shape index (κ3) is 3.18. The minimum absolute atomic E-state index is 0.0621. The number of esters is 1. The molecule has 5 unspecified atom stereocenters. The van der Waals surface area contributed by atoms with Crippen molar-refractivity contribution in [1.29, 1.82) is 0 Å². The summed E-state index contributed by atoms with van der Waals surface area (Å²) in [5.41, 5.74) is 2.24. The first-order chi connectivity index (χ1) is 15.7. The van der Waals surface area contributed by atoms with Gasteiger partial charge in [-0.05, 0) is 91.8 Å². The van der Waals surface area contributed by atoms with Gasteiger partial charge in [-0.2, -0.15) is 0 Å². The molecule has 1 N–H and O–H groups in total. The number of hydrogen-bond acceptors (Lipinski definition) is 4. The van der Waals surface area contributed by atoms with E-state index in [4.69, 9.17) is 9.47 Å². The van der Waals surface area contributed by atoms with Gasteiger partial charge in [0.2, 0.25) is 0 Å². The van der Waals surface area contributed by atoms with Gasteiger partial charge in [-0.3, -0.25) is 10.1 Å². The van der Waals surface area contributed by atoms with Gasteiger partial charge in [0.1, 0.15) is 11.8 Å². The normalized spacial score (nSPS) is 55.2. The molecule has 1 spiro atoms. The molecule has 3 saturated carbocycles. The number of carbonyl (C=O) groups excluding carboxylic acids is 1. The predicted octanol–water partition coefficient (Wildman–Crippen LogP) is 5.86. The van der Waals surface area contributed by atoms with Crippen LogP contribution in [-0.2, 0) is 14.3 Å². The van der Waals surface area contributed by atoms with Crippen LogP contribution in [0.2, 0.25) is 0 Å². The highest BCUT2D eigenvalue weighted by Gasteiger charge is 2.68. The fourth-order valence-corrected chi connectivity index (χ4v) is 10.2. The van der Waals surface area contributed by atoms with Gasteiger partial charge in [0.25, 0.3) is 0 Å². The molecule has 33 heavy (non-hydrogen) atoms. The second kappa shape index (κ2) is 7.56. The summed E-state index contributed by atoms with van der Waals surface area (Å²) in [4.78, 5) is 11.5. The van der Waals surface area contributed by atoms with Crippen LogP contribution in [0.3, 0.4) is 0 Å². The molecule has 2 heterocycles. The Hall–Kier alpha value is -0.870. The second-order valence-electron chi connectivity index (χ2n) is 13.4. The van der Waals surface area contributed by atoms with Gasteiger partial charge in [-0.1, -0.05) is 39.3 Å². The molecule has 11 atom stereocenters. The minimum atomic E-state index is -0.127. The summed E-state index contributed by atoms with van der Waals surface area (Å²) in [6.45, 7) is 12.7. The largest absolute Gasteiger partial charge is 0.462 e. The van der Waals surface area contributed by atoms with Crippen LogP contribution in [0.4, 0.5) is 0 Å². The maximum Gasteiger partial charge on any atom is 0.302 e. The van der Waals surface area contributed by atoms with Crippen molar-refractivity contribution < 1.29 is 14.3 Å². The van der Waals surface area contributed by atoms with Crippen LogP contribution in [0.15, 0.2) is 11.6 Å². The average Bonchev–Trinajstić information content (AvgIpc) is 3.21. The van der Waals surface area contributed by atoms with Crippen molar-refractivity contribution in [3.63, 3.8) is 0 Å². The topological polar surface area (TPSA) is 47.6 Å². The van der Waals surface area contributed by atoms with E-state index in [9.17, 15) is 4.79 Å². The van der Waals surface area contributed by atoms with Crippen LogP contribution in [0.25, 0.3) is 0 Å². The number of nitrogens with one attached hydrogen (secondary N) is 1. The Morgan fingerprint density at radius 1 is 1.12 bits per heavy atom. The van der Waals surface area contributed by atoms with E-state index in [0.29, 0.717) is 28.8 Å². The van der Waals surface area contributed by atoms with E-state index in [-0.39, 0.29) is 17.8 Å². The van der Waals surface area contributed by atoms with Gasteiger partial charge in [0.05, 0.1) is 6.10 Å². The quantitative estimate of drug-likeness (QED) is 0.397. The first-order valence-corrected chi connectivity index (χ1v) is 14.0. The molecule has 0 aromatic heterocycles. The molecule has 184 valence electrons. The fourth-order valence-electron chi connectivity index (χ4n) is 10.2. The zero-order valence-electron chi connectivity index (χ0n) is 21.5. The molecule has 4 aliphatic carbocycles. The molecule has 6 aliphatic rings. The lowest BCUT2D eigenvalue weighted by Crippen LogP contribution is -2.57. The van der Waals surface area contributed by atoms with Crippen molar-refractivity contribution in [3.05, 3.63) is 11.6 Å². The fraction of sp³-hybridized carbons (Fsp3) is 0.897. The first-order valence-electron chi connectivity index (χ1n) is 14.0.